The van der Waals surface area contributed by atoms with Crippen LogP contribution >= 0.6 is 28.1 Å². The molecule has 228 valence electrons. The molecular weight excluding hydrogens is 628 g/mol. The van der Waals surface area contributed by atoms with E-state index in [1.807, 2.05) is 43.0 Å². The average Bonchev–Trinajstić information content (AvgIpc) is 3.00. The number of ether oxygens (including phenoxy) is 4. The zero-order chi connectivity index (χ0) is 31.3. The quantitative estimate of drug-likeness (QED) is 0.196. The van der Waals surface area contributed by atoms with Crippen molar-refractivity contribution in [2.24, 2.45) is 0 Å². The molecule has 1 heterocycles. The molecule has 0 saturated heterocycles. The summed E-state index contributed by atoms with van der Waals surface area (Å²) in [5.74, 6) is 2.54. The van der Waals surface area contributed by atoms with Crippen LogP contribution in [-0.4, -0.2) is 43.4 Å². The number of nitrogens with zero attached hydrogens (tertiary/aromatic N) is 2. The molecule has 0 aliphatic carbocycles. The van der Waals surface area contributed by atoms with Crippen molar-refractivity contribution in [1.29, 1.82) is 0 Å². The fraction of sp³-hybridized carbons (Fsp3) is 0.355. The molecule has 7 nitrogen and oxygen atoms in total. The third-order valence-corrected chi connectivity index (χ3v) is 7.19. The number of nitrogens with one attached hydrogen (secondary N) is 1. The molecule has 1 aromatic heterocycles. The van der Waals surface area contributed by atoms with E-state index in [1.165, 1.54) is 0 Å². The van der Waals surface area contributed by atoms with Crippen molar-refractivity contribution in [3.8, 4) is 23.0 Å². The van der Waals surface area contributed by atoms with Gasteiger partial charge in [-0.3, -0.25) is 4.98 Å². The largest absolute Gasteiger partial charge is 0.497 e. The van der Waals surface area contributed by atoms with Crippen LogP contribution in [0.2, 0.25) is 0 Å². The van der Waals surface area contributed by atoms with Gasteiger partial charge in [-0.25, -0.2) is 0 Å². The van der Waals surface area contributed by atoms with E-state index >= 15 is 0 Å². The van der Waals surface area contributed by atoms with Crippen LogP contribution in [0.5, 0.6) is 23.0 Å². The van der Waals surface area contributed by atoms with Gasteiger partial charge in [0.15, 0.2) is 5.11 Å². The van der Waals surface area contributed by atoms with Crippen LogP contribution < -0.4 is 24.3 Å². The lowest BCUT2D eigenvalue weighted by Crippen LogP contribution is -2.49. The summed E-state index contributed by atoms with van der Waals surface area (Å²) >= 11 is 9.38. The van der Waals surface area contributed by atoms with Crippen LogP contribution in [0.4, 0.5) is 8.78 Å². The lowest BCUT2D eigenvalue weighted by atomic mass is 9.93. The van der Waals surface area contributed by atoms with Crippen molar-refractivity contribution in [2.75, 3.05) is 28.4 Å². The monoisotopic (exact) mass is 665 g/mol. The van der Waals surface area contributed by atoms with Gasteiger partial charge in [-0.15, -0.1) is 0 Å². The highest BCUT2D eigenvalue weighted by Crippen LogP contribution is 2.31. The Morgan fingerprint density at radius 1 is 0.905 bits per heavy atom. The van der Waals surface area contributed by atoms with E-state index in [1.54, 1.807) is 65.8 Å². The Kier molecular flexibility index (Phi) is 14.0. The highest BCUT2D eigenvalue weighted by Gasteiger charge is 2.31. The van der Waals surface area contributed by atoms with Crippen molar-refractivity contribution < 1.29 is 27.7 Å². The maximum Gasteiger partial charge on any atom is 0.266 e. The first-order valence-electron chi connectivity index (χ1n) is 13.2. The van der Waals surface area contributed by atoms with E-state index in [0.29, 0.717) is 46.9 Å². The third-order valence-electron chi connectivity index (χ3n) is 6.33. The zero-order valence-electron chi connectivity index (χ0n) is 25.0. The summed E-state index contributed by atoms with van der Waals surface area (Å²) in [6.07, 6.45) is 0.642. The second kappa shape index (κ2) is 16.9. The smallest absolute Gasteiger partial charge is 0.266 e. The summed E-state index contributed by atoms with van der Waals surface area (Å²) in [5, 5.41) is 3.64. The van der Waals surface area contributed by atoms with Crippen molar-refractivity contribution in [2.45, 2.75) is 45.8 Å². The van der Waals surface area contributed by atoms with Gasteiger partial charge in [0.1, 0.15) is 23.0 Å². The minimum absolute atomic E-state index is 0.0511. The minimum atomic E-state index is -1.78. The van der Waals surface area contributed by atoms with E-state index in [9.17, 15) is 8.78 Å². The number of aromatic nitrogens is 1. The summed E-state index contributed by atoms with van der Waals surface area (Å²) in [5.41, 5.74) is 1.19. The maximum atomic E-state index is 13.2. The molecule has 0 amide bonds. The van der Waals surface area contributed by atoms with Gasteiger partial charge in [0.25, 0.3) is 6.08 Å². The van der Waals surface area contributed by atoms with E-state index in [2.05, 4.69) is 26.2 Å². The molecule has 2 aromatic carbocycles. The summed E-state index contributed by atoms with van der Waals surface area (Å²) in [6.45, 7) is 6.46. The van der Waals surface area contributed by atoms with Gasteiger partial charge < -0.3 is 29.2 Å². The highest BCUT2D eigenvalue weighted by molar-refractivity contribution is 9.10. The number of halogens is 3. The molecule has 42 heavy (non-hydrogen) atoms. The van der Waals surface area contributed by atoms with Gasteiger partial charge in [0.2, 0.25) is 0 Å². The Bertz CT molecular complexity index is 1300. The molecule has 11 heteroatoms. The molecule has 3 aromatic rings. The summed E-state index contributed by atoms with van der Waals surface area (Å²) in [6, 6.07) is 14.6. The first-order valence-corrected chi connectivity index (χ1v) is 14.4. The van der Waals surface area contributed by atoms with Gasteiger partial charge in [0.05, 0.1) is 39.7 Å². The topological polar surface area (TPSA) is 65.1 Å². The predicted molar refractivity (Wildman–Crippen MR) is 170 cm³/mol. The lowest BCUT2D eigenvalue weighted by Gasteiger charge is -2.35. The van der Waals surface area contributed by atoms with Crippen LogP contribution in [0, 0.1) is 0 Å². The van der Waals surface area contributed by atoms with E-state index in [4.69, 9.17) is 31.2 Å². The molecule has 0 unspecified atom stereocenters. The Labute approximate surface area is 261 Å². The lowest BCUT2D eigenvalue weighted by molar-refractivity contribution is 0.332. The molecule has 0 bridgehead atoms. The highest BCUT2D eigenvalue weighted by atomic mass is 79.9. The second-order valence-corrected chi connectivity index (χ2v) is 10.3. The molecule has 0 fully saturated rings. The van der Waals surface area contributed by atoms with E-state index in [-0.39, 0.29) is 6.42 Å². The Hall–Kier alpha value is -3.44. The fourth-order valence-corrected chi connectivity index (χ4v) is 4.79. The third kappa shape index (κ3) is 9.55. The molecule has 0 spiro atoms. The van der Waals surface area contributed by atoms with Gasteiger partial charge in [-0.1, -0.05) is 29.8 Å². The molecule has 0 aliphatic rings. The first-order chi connectivity index (χ1) is 20.1. The summed E-state index contributed by atoms with van der Waals surface area (Å²) in [4.78, 5) is 6.36. The fourth-order valence-electron chi connectivity index (χ4n) is 4.10. The van der Waals surface area contributed by atoms with Gasteiger partial charge in [0, 0.05) is 47.0 Å². The Morgan fingerprint density at radius 3 is 1.86 bits per heavy atom. The van der Waals surface area contributed by atoms with E-state index in [0.717, 1.165) is 21.7 Å². The van der Waals surface area contributed by atoms with Gasteiger partial charge in [-0.2, -0.15) is 8.78 Å². The standard InChI is InChI=1S/C29H32BrF2N3O4S.C2H6/c1-29(12-10-27(31)32,26-14-21(30)11-13-33-26)34-28(40)35(17-19-6-8-22(36-2)15-24(19)38-4)18-20-7-9-23(37-3)16-25(20)39-5;1-2/h6-11,13-16H,12,17-18H2,1-5H3,(H,34,40);1-2H3/t29-;/m0./s1. The van der Waals surface area contributed by atoms with Crippen LogP contribution in [0.1, 0.15) is 44.0 Å². The molecule has 0 saturated carbocycles. The number of methoxy groups -OCH3 is 4. The SMILES string of the molecule is CC.COc1ccc(CN(Cc2ccc(OC)cc2OC)C(=S)N[C@@](C)(CC=C(F)F)c2cc(Br)ccn2)c(OC)c1. The maximum absolute atomic E-state index is 13.2. The number of benzene rings is 2. The predicted octanol–water partition coefficient (Wildman–Crippen LogP) is 7.87. The van der Waals surface area contributed by atoms with Crippen LogP contribution in [0.25, 0.3) is 0 Å². The van der Waals surface area contributed by atoms with Crippen LogP contribution in [0.3, 0.4) is 0 Å². The van der Waals surface area contributed by atoms with Crippen LogP contribution in [0.15, 0.2) is 71.4 Å². The Morgan fingerprint density at radius 2 is 1.43 bits per heavy atom. The molecular formula is C31H38BrF2N3O4S. The minimum Gasteiger partial charge on any atom is -0.497 e. The van der Waals surface area contributed by atoms with Crippen molar-refractivity contribution in [3.63, 3.8) is 0 Å². The molecule has 1 N–H and O–H groups in total. The number of rotatable bonds is 12. The second-order valence-electron chi connectivity index (χ2n) is 9.03. The van der Waals surface area contributed by atoms with Crippen LogP contribution in [-0.2, 0) is 18.6 Å². The summed E-state index contributed by atoms with van der Waals surface area (Å²) < 4.78 is 49.2. The van der Waals surface area contributed by atoms with Crippen molar-refractivity contribution >= 4 is 33.3 Å². The van der Waals surface area contributed by atoms with Gasteiger partial charge >= 0.3 is 0 Å². The van der Waals surface area contributed by atoms with E-state index < -0.39 is 11.6 Å². The number of pyridine rings is 1. The van der Waals surface area contributed by atoms with Crippen molar-refractivity contribution in [1.82, 2.24) is 15.2 Å². The molecule has 1 atom stereocenters. The summed E-state index contributed by atoms with van der Waals surface area (Å²) in [7, 11) is 6.33. The number of thiocarbonyl (C=S) groups is 1. The molecule has 3 rings (SSSR count). The van der Waals surface area contributed by atoms with Gasteiger partial charge in [-0.05, 0) is 68.0 Å². The Balaban J connectivity index is 0.00000301. The average molecular weight is 667 g/mol. The zero-order valence-corrected chi connectivity index (χ0v) is 27.4. The molecule has 0 aliphatic heterocycles. The first kappa shape index (κ1) is 34.8. The number of hydrogen-bond donors (Lipinski definition) is 1. The normalized spacial score (nSPS) is 11.7. The number of hydrogen-bond acceptors (Lipinski definition) is 6. The van der Waals surface area contributed by atoms with Crippen molar-refractivity contribution in [3.05, 3.63) is 88.2 Å². The molecule has 0 radical (unpaired) electrons.